The van der Waals surface area contributed by atoms with Gasteiger partial charge in [-0.15, -0.1) is 0 Å². The Balaban J connectivity index is 2.25. The summed E-state index contributed by atoms with van der Waals surface area (Å²) in [5, 5.41) is 0. The topological polar surface area (TPSA) is 18.5 Å². The van der Waals surface area contributed by atoms with E-state index >= 15 is 0 Å². The van der Waals surface area contributed by atoms with Crippen molar-refractivity contribution < 1.29 is 9.47 Å². The van der Waals surface area contributed by atoms with E-state index in [1.807, 2.05) is 0 Å². The van der Waals surface area contributed by atoms with Gasteiger partial charge in [-0.2, -0.15) is 0 Å². The fraction of sp³-hybridized carbons (Fsp3) is 0.846. The standard InChI is InChI=1S/C13H22O2/c1-9-5-6-10(2)13(3,4)11(9)12-14-7-8-15-12/h5,10-12H,6-8H2,1-4H3/t10-,11-/m0/s1. The Morgan fingerprint density at radius 3 is 2.47 bits per heavy atom. The first-order valence-corrected chi connectivity index (χ1v) is 5.93. The number of ether oxygens (including phenoxy) is 2. The average Bonchev–Trinajstić information content (AvgIpc) is 2.65. The molecular weight excluding hydrogens is 188 g/mol. The second-order valence-corrected chi connectivity index (χ2v) is 5.49. The van der Waals surface area contributed by atoms with Gasteiger partial charge in [-0.1, -0.05) is 32.4 Å². The molecule has 2 atom stereocenters. The van der Waals surface area contributed by atoms with Crippen LogP contribution in [0.3, 0.4) is 0 Å². The van der Waals surface area contributed by atoms with Crippen LogP contribution in [0.1, 0.15) is 34.1 Å². The van der Waals surface area contributed by atoms with Gasteiger partial charge in [-0.25, -0.2) is 0 Å². The maximum Gasteiger partial charge on any atom is 0.164 e. The van der Waals surface area contributed by atoms with Crippen LogP contribution in [0, 0.1) is 17.3 Å². The summed E-state index contributed by atoms with van der Waals surface area (Å²) in [4.78, 5) is 0. The van der Waals surface area contributed by atoms with Crippen molar-refractivity contribution in [1.82, 2.24) is 0 Å². The van der Waals surface area contributed by atoms with Crippen molar-refractivity contribution in [3.05, 3.63) is 11.6 Å². The fourth-order valence-electron chi connectivity index (χ4n) is 2.82. The lowest BCUT2D eigenvalue weighted by atomic mass is 9.63. The highest BCUT2D eigenvalue weighted by atomic mass is 16.7. The minimum atomic E-state index is -0.0148. The largest absolute Gasteiger partial charge is 0.350 e. The van der Waals surface area contributed by atoms with Crippen LogP contribution in [0.25, 0.3) is 0 Å². The van der Waals surface area contributed by atoms with E-state index in [1.165, 1.54) is 12.0 Å². The van der Waals surface area contributed by atoms with Crippen LogP contribution in [0.2, 0.25) is 0 Å². The van der Waals surface area contributed by atoms with Gasteiger partial charge in [0.25, 0.3) is 0 Å². The summed E-state index contributed by atoms with van der Waals surface area (Å²) in [7, 11) is 0. The third kappa shape index (κ3) is 1.85. The first-order chi connectivity index (χ1) is 7.03. The summed E-state index contributed by atoms with van der Waals surface area (Å²) in [5.41, 5.74) is 1.71. The Morgan fingerprint density at radius 1 is 1.27 bits per heavy atom. The van der Waals surface area contributed by atoms with Gasteiger partial charge in [0, 0.05) is 5.92 Å². The molecule has 2 nitrogen and oxygen atoms in total. The molecule has 0 aromatic rings. The first kappa shape index (κ1) is 11.2. The van der Waals surface area contributed by atoms with E-state index in [1.54, 1.807) is 0 Å². The SMILES string of the molecule is CC1=CC[C@H](C)C(C)(C)[C@@H]1C1OCCO1. The summed E-state index contributed by atoms with van der Waals surface area (Å²) in [5.74, 6) is 1.11. The molecule has 1 aliphatic heterocycles. The fourth-order valence-corrected chi connectivity index (χ4v) is 2.82. The maximum atomic E-state index is 5.68. The zero-order valence-corrected chi connectivity index (χ0v) is 10.2. The third-order valence-electron chi connectivity index (χ3n) is 4.28. The van der Waals surface area contributed by atoms with E-state index in [9.17, 15) is 0 Å². The van der Waals surface area contributed by atoms with E-state index in [4.69, 9.17) is 9.47 Å². The van der Waals surface area contributed by atoms with Crippen LogP contribution in [0.4, 0.5) is 0 Å². The van der Waals surface area contributed by atoms with Crippen LogP contribution >= 0.6 is 0 Å². The predicted octanol–water partition coefficient (Wildman–Crippen LogP) is 2.99. The van der Waals surface area contributed by atoms with Crippen LogP contribution < -0.4 is 0 Å². The lowest BCUT2D eigenvalue weighted by Crippen LogP contribution is -2.42. The first-order valence-electron chi connectivity index (χ1n) is 5.93. The second kappa shape index (κ2) is 3.91. The summed E-state index contributed by atoms with van der Waals surface area (Å²) in [6.07, 6.45) is 3.52. The number of allylic oxidation sites excluding steroid dienone is 1. The van der Waals surface area contributed by atoms with Crippen LogP contribution in [0.15, 0.2) is 11.6 Å². The highest BCUT2D eigenvalue weighted by Gasteiger charge is 2.44. The van der Waals surface area contributed by atoms with Crippen molar-refractivity contribution in [3.8, 4) is 0 Å². The highest BCUT2D eigenvalue weighted by Crippen LogP contribution is 2.47. The van der Waals surface area contributed by atoms with E-state index in [0.717, 1.165) is 13.2 Å². The molecule has 2 rings (SSSR count). The summed E-state index contributed by atoms with van der Waals surface area (Å²) in [6, 6.07) is 0. The summed E-state index contributed by atoms with van der Waals surface area (Å²) in [6.45, 7) is 10.7. The molecule has 1 saturated heterocycles. The summed E-state index contributed by atoms with van der Waals surface area (Å²) >= 11 is 0. The molecule has 0 N–H and O–H groups in total. The molecule has 0 aromatic heterocycles. The molecule has 0 aromatic carbocycles. The molecule has 86 valence electrons. The second-order valence-electron chi connectivity index (χ2n) is 5.49. The van der Waals surface area contributed by atoms with Gasteiger partial charge in [-0.05, 0) is 24.7 Å². The minimum Gasteiger partial charge on any atom is -0.350 e. The molecule has 0 unspecified atom stereocenters. The van der Waals surface area contributed by atoms with E-state index in [-0.39, 0.29) is 11.7 Å². The predicted molar refractivity (Wildman–Crippen MR) is 60.5 cm³/mol. The minimum absolute atomic E-state index is 0.0148. The number of hydrogen-bond donors (Lipinski definition) is 0. The Bertz CT molecular complexity index is 262. The molecule has 2 heteroatoms. The maximum absolute atomic E-state index is 5.68. The Morgan fingerprint density at radius 2 is 1.87 bits per heavy atom. The molecule has 0 radical (unpaired) electrons. The van der Waals surface area contributed by atoms with Crippen molar-refractivity contribution in [1.29, 1.82) is 0 Å². The Kier molecular flexibility index (Phi) is 2.91. The van der Waals surface area contributed by atoms with E-state index < -0.39 is 0 Å². The van der Waals surface area contributed by atoms with Crippen molar-refractivity contribution in [2.45, 2.75) is 40.4 Å². The molecule has 0 amide bonds. The molecule has 0 spiro atoms. The molecule has 1 fully saturated rings. The van der Waals surface area contributed by atoms with Crippen LogP contribution in [-0.2, 0) is 9.47 Å². The Labute approximate surface area is 92.6 Å². The van der Waals surface area contributed by atoms with Crippen molar-refractivity contribution in [2.75, 3.05) is 13.2 Å². The van der Waals surface area contributed by atoms with Gasteiger partial charge in [0.2, 0.25) is 0 Å². The number of hydrogen-bond acceptors (Lipinski definition) is 2. The Hall–Kier alpha value is -0.340. The zero-order valence-electron chi connectivity index (χ0n) is 10.2. The molecule has 0 bridgehead atoms. The zero-order chi connectivity index (χ0) is 11.1. The van der Waals surface area contributed by atoms with Crippen LogP contribution in [0.5, 0.6) is 0 Å². The van der Waals surface area contributed by atoms with E-state index in [0.29, 0.717) is 11.8 Å². The number of rotatable bonds is 1. The van der Waals surface area contributed by atoms with E-state index in [2.05, 4.69) is 33.8 Å². The molecule has 2 aliphatic rings. The third-order valence-corrected chi connectivity index (χ3v) is 4.28. The van der Waals surface area contributed by atoms with Gasteiger partial charge < -0.3 is 9.47 Å². The summed E-state index contributed by atoms with van der Waals surface area (Å²) < 4.78 is 11.4. The average molecular weight is 210 g/mol. The molecule has 15 heavy (non-hydrogen) atoms. The van der Waals surface area contributed by atoms with Gasteiger partial charge in [0.15, 0.2) is 6.29 Å². The molecule has 1 heterocycles. The highest BCUT2D eigenvalue weighted by molar-refractivity contribution is 5.15. The van der Waals surface area contributed by atoms with Crippen molar-refractivity contribution in [2.24, 2.45) is 17.3 Å². The lowest BCUT2D eigenvalue weighted by Gasteiger charge is -2.45. The molecule has 0 saturated carbocycles. The molecular formula is C13H22O2. The van der Waals surface area contributed by atoms with Gasteiger partial charge in [0.1, 0.15) is 0 Å². The van der Waals surface area contributed by atoms with Crippen molar-refractivity contribution in [3.63, 3.8) is 0 Å². The van der Waals surface area contributed by atoms with Gasteiger partial charge >= 0.3 is 0 Å². The normalized spacial score (nSPS) is 36.7. The monoisotopic (exact) mass is 210 g/mol. The van der Waals surface area contributed by atoms with Gasteiger partial charge in [0.05, 0.1) is 13.2 Å². The smallest absolute Gasteiger partial charge is 0.164 e. The van der Waals surface area contributed by atoms with Crippen LogP contribution in [-0.4, -0.2) is 19.5 Å². The van der Waals surface area contributed by atoms with Crippen molar-refractivity contribution >= 4 is 0 Å². The van der Waals surface area contributed by atoms with Gasteiger partial charge in [-0.3, -0.25) is 0 Å². The lowest BCUT2D eigenvalue weighted by molar-refractivity contribution is -0.115. The quantitative estimate of drug-likeness (QED) is 0.619. The molecule has 1 aliphatic carbocycles.